The first kappa shape index (κ1) is 6.95. The summed E-state index contributed by atoms with van der Waals surface area (Å²) in [5.74, 6) is 0.404. The monoisotopic (exact) mass is 139 g/mol. The molecule has 0 fully saturated rings. The van der Waals surface area contributed by atoms with Gasteiger partial charge in [-0.1, -0.05) is 0 Å². The summed E-state index contributed by atoms with van der Waals surface area (Å²) in [6.07, 6.45) is 0.535. The van der Waals surface area contributed by atoms with E-state index in [1.807, 2.05) is 0 Å². The fraction of sp³-hybridized carbons (Fsp3) is 0.333. The Morgan fingerprint density at radius 2 is 2.20 bits per heavy atom. The van der Waals surface area contributed by atoms with E-state index >= 15 is 0 Å². The van der Waals surface area contributed by atoms with Crippen molar-refractivity contribution in [1.82, 2.24) is 10.2 Å². The van der Waals surface area contributed by atoms with Crippen LogP contribution in [0, 0.1) is 0 Å². The molecule has 4 nitrogen and oxygen atoms in total. The largest absolute Gasteiger partial charge is 0.396 e. The van der Waals surface area contributed by atoms with Crippen molar-refractivity contribution in [3.63, 3.8) is 0 Å². The fourth-order valence-electron chi connectivity index (χ4n) is 0.618. The Bertz CT molecular complexity index is 197. The number of aromatic nitrogens is 2. The lowest BCUT2D eigenvalue weighted by Gasteiger charge is -1.94. The number of aliphatic hydroxyl groups is 1. The second-order valence-electron chi connectivity index (χ2n) is 1.92. The van der Waals surface area contributed by atoms with Crippen LogP contribution >= 0.6 is 0 Å². The van der Waals surface area contributed by atoms with E-state index in [0.29, 0.717) is 12.2 Å². The lowest BCUT2D eigenvalue weighted by molar-refractivity contribution is 0.298. The van der Waals surface area contributed by atoms with Gasteiger partial charge in [0.05, 0.1) is 5.69 Å². The van der Waals surface area contributed by atoms with Crippen LogP contribution in [0.1, 0.15) is 5.69 Å². The zero-order valence-electron chi connectivity index (χ0n) is 5.49. The molecule has 1 aromatic rings. The van der Waals surface area contributed by atoms with Crippen molar-refractivity contribution in [2.75, 3.05) is 12.3 Å². The third-order valence-electron chi connectivity index (χ3n) is 1.11. The van der Waals surface area contributed by atoms with Gasteiger partial charge in [-0.3, -0.25) is 0 Å². The summed E-state index contributed by atoms with van der Waals surface area (Å²) >= 11 is 0. The highest BCUT2D eigenvalue weighted by Crippen LogP contribution is 1.96. The molecule has 0 unspecified atom stereocenters. The van der Waals surface area contributed by atoms with E-state index in [1.54, 1.807) is 12.1 Å². The molecule has 0 aliphatic carbocycles. The van der Waals surface area contributed by atoms with Crippen molar-refractivity contribution >= 4 is 5.82 Å². The van der Waals surface area contributed by atoms with Crippen LogP contribution in [0.4, 0.5) is 5.82 Å². The minimum absolute atomic E-state index is 0.0958. The van der Waals surface area contributed by atoms with Gasteiger partial charge < -0.3 is 10.8 Å². The van der Waals surface area contributed by atoms with Crippen molar-refractivity contribution in [2.45, 2.75) is 6.42 Å². The van der Waals surface area contributed by atoms with Crippen LogP contribution in [0.5, 0.6) is 0 Å². The first-order chi connectivity index (χ1) is 4.83. The zero-order chi connectivity index (χ0) is 7.40. The van der Waals surface area contributed by atoms with Gasteiger partial charge in [-0.05, 0) is 12.1 Å². The molecule has 0 saturated heterocycles. The van der Waals surface area contributed by atoms with Crippen molar-refractivity contribution in [3.8, 4) is 0 Å². The average Bonchev–Trinajstić information content (AvgIpc) is 1.95. The first-order valence-corrected chi connectivity index (χ1v) is 3.02. The maximum Gasteiger partial charge on any atom is 0.146 e. The maximum atomic E-state index is 8.49. The number of nitrogen functional groups attached to an aromatic ring is 1. The number of hydrogen-bond donors (Lipinski definition) is 2. The summed E-state index contributed by atoms with van der Waals surface area (Å²) in [4.78, 5) is 0. The zero-order valence-corrected chi connectivity index (χ0v) is 5.49. The predicted octanol–water partition coefficient (Wildman–Crippen LogP) is -0.406. The normalized spacial score (nSPS) is 9.70. The summed E-state index contributed by atoms with van der Waals surface area (Å²) < 4.78 is 0. The van der Waals surface area contributed by atoms with Gasteiger partial charge in [0.2, 0.25) is 0 Å². The van der Waals surface area contributed by atoms with E-state index in [2.05, 4.69) is 10.2 Å². The van der Waals surface area contributed by atoms with Gasteiger partial charge in [0.1, 0.15) is 5.82 Å². The van der Waals surface area contributed by atoms with Crippen LogP contribution in [0.15, 0.2) is 12.1 Å². The van der Waals surface area contributed by atoms with E-state index in [-0.39, 0.29) is 6.61 Å². The quantitative estimate of drug-likeness (QED) is 0.584. The molecule has 1 aromatic heterocycles. The SMILES string of the molecule is Nc1ccc(CCO)nn1. The molecule has 0 amide bonds. The van der Waals surface area contributed by atoms with Crippen LogP contribution in [0.25, 0.3) is 0 Å². The summed E-state index contributed by atoms with van der Waals surface area (Å²) in [7, 11) is 0. The molecule has 0 aromatic carbocycles. The molecule has 0 aliphatic heterocycles. The molecule has 1 rings (SSSR count). The minimum atomic E-state index is 0.0958. The third-order valence-corrected chi connectivity index (χ3v) is 1.11. The Morgan fingerprint density at radius 3 is 2.70 bits per heavy atom. The molecule has 10 heavy (non-hydrogen) atoms. The van der Waals surface area contributed by atoms with Crippen molar-refractivity contribution < 1.29 is 5.11 Å². The first-order valence-electron chi connectivity index (χ1n) is 3.02. The van der Waals surface area contributed by atoms with E-state index < -0.39 is 0 Å². The topological polar surface area (TPSA) is 72.0 Å². The molecule has 0 bridgehead atoms. The second kappa shape index (κ2) is 3.12. The molecule has 3 N–H and O–H groups in total. The van der Waals surface area contributed by atoms with Crippen LogP contribution in [-0.2, 0) is 6.42 Å². The number of anilines is 1. The number of nitrogens with two attached hydrogens (primary N) is 1. The molecule has 0 radical (unpaired) electrons. The lowest BCUT2D eigenvalue weighted by Crippen LogP contribution is -1.98. The van der Waals surface area contributed by atoms with Gasteiger partial charge in [-0.15, -0.1) is 5.10 Å². The third kappa shape index (κ3) is 1.66. The minimum Gasteiger partial charge on any atom is -0.396 e. The fourth-order valence-corrected chi connectivity index (χ4v) is 0.618. The van der Waals surface area contributed by atoms with Gasteiger partial charge >= 0.3 is 0 Å². The molecule has 54 valence electrons. The molecule has 0 aliphatic rings. The molecule has 0 atom stereocenters. The van der Waals surface area contributed by atoms with Crippen LogP contribution < -0.4 is 5.73 Å². The van der Waals surface area contributed by atoms with Crippen LogP contribution in [-0.4, -0.2) is 21.9 Å². The summed E-state index contributed by atoms with van der Waals surface area (Å²) in [6.45, 7) is 0.0958. The van der Waals surface area contributed by atoms with Crippen molar-refractivity contribution in [3.05, 3.63) is 17.8 Å². The molecule has 0 spiro atoms. The molecular weight excluding hydrogens is 130 g/mol. The second-order valence-corrected chi connectivity index (χ2v) is 1.92. The molecule has 0 saturated carbocycles. The molecule has 4 heteroatoms. The molecule has 1 heterocycles. The smallest absolute Gasteiger partial charge is 0.146 e. The van der Waals surface area contributed by atoms with Crippen molar-refractivity contribution in [2.24, 2.45) is 0 Å². The highest BCUT2D eigenvalue weighted by molar-refractivity contribution is 5.25. The number of aliphatic hydroxyl groups excluding tert-OH is 1. The highest BCUT2D eigenvalue weighted by Gasteiger charge is 1.92. The van der Waals surface area contributed by atoms with Crippen LogP contribution in [0.3, 0.4) is 0 Å². The van der Waals surface area contributed by atoms with E-state index in [4.69, 9.17) is 10.8 Å². The van der Waals surface area contributed by atoms with Gasteiger partial charge in [0.15, 0.2) is 0 Å². The number of rotatable bonds is 2. The maximum absolute atomic E-state index is 8.49. The van der Waals surface area contributed by atoms with Gasteiger partial charge in [-0.2, -0.15) is 5.10 Å². The van der Waals surface area contributed by atoms with E-state index in [1.165, 1.54) is 0 Å². The van der Waals surface area contributed by atoms with Gasteiger partial charge in [-0.25, -0.2) is 0 Å². The average molecular weight is 139 g/mol. The Balaban J connectivity index is 2.69. The standard InChI is InChI=1S/C6H9N3O/c7-6-2-1-5(3-4-10)8-9-6/h1-2,10H,3-4H2,(H2,7,9). The van der Waals surface area contributed by atoms with Gasteiger partial charge in [0.25, 0.3) is 0 Å². The summed E-state index contributed by atoms with van der Waals surface area (Å²) in [5.41, 5.74) is 6.05. The lowest BCUT2D eigenvalue weighted by atomic mass is 10.3. The number of nitrogens with zero attached hydrogens (tertiary/aromatic N) is 2. The predicted molar refractivity (Wildman–Crippen MR) is 37.2 cm³/mol. The summed E-state index contributed by atoms with van der Waals surface area (Å²) in [5, 5.41) is 15.8. The van der Waals surface area contributed by atoms with Crippen molar-refractivity contribution in [1.29, 1.82) is 0 Å². The Morgan fingerprint density at radius 1 is 1.40 bits per heavy atom. The summed E-state index contributed by atoms with van der Waals surface area (Å²) in [6, 6.07) is 3.41. The Hall–Kier alpha value is -1.16. The van der Waals surface area contributed by atoms with E-state index in [0.717, 1.165) is 5.69 Å². The highest BCUT2D eigenvalue weighted by atomic mass is 16.3. The molecular formula is C6H9N3O. The van der Waals surface area contributed by atoms with E-state index in [9.17, 15) is 0 Å². The Labute approximate surface area is 58.7 Å². The Kier molecular flexibility index (Phi) is 2.17. The van der Waals surface area contributed by atoms with Crippen LogP contribution in [0.2, 0.25) is 0 Å². The number of hydrogen-bond acceptors (Lipinski definition) is 4. The van der Waals surface area contributed by atoms with Gasteiger partial charge in [0, 0.05) is 13.0 Å².